The second-order valence-corrected chi connectivity index (χ2v) is 11.4. The minimum atomic E-state index is -4.23. The number of thioether (sulfide) groups is 1. The number of rotatable bonds is 13. The van der Waals surface area contributed by atoms with Gasteiger partial charge in [0.2, 0.25) is 0 Å². The maximum atomic E-state index is 14.8. The molecular formula is C29H29F6N3O4S. The second kappa shape index (κ2) is 14.4. The molecule has 43 heavy (non-hydrogen) atoms. The third kappa shape index (κ3) is 8.85. The Hall–Kier alpha value is -3.33. The minimum absolute atomic E-state index is 0.0402. The van der Waals surface area contributed by atoms with Gasteiger partial charge in [-0.3, -0.25) is 0 Å². The third-order valence-electron chi connectivity index (χ3n) is 6.53. The summed E-state index contributed by atoms with van der Waals surface area (Å²) in [4.78, 5) is 3.87. The molecule has 14 heteroatoms. The van der Waals surface area contributed by atoms with E-state index in [0.717, 1.165) is 12.1 Å². The van der Waals surface area contributed by atoms with E-state index in [1.165, 1.54) is 47.3 Å². The van der Waals surface area contributed by atoms with Crippen molar-refractivity contribution in [1.29, 1.82) is 0 Å². The van der Waals surface area contributed by atoms with Gasteiger partial charge in [0.1, 0.15) is 35.6 Å². The van der Waals surface area contributed by atoms with E-state index < -0.39 is 47.7 Å². The molecule has 0 unspecified atom stereocenters. The van der Waals surface area contributed by atoms with Gasteiger partial charge in [0.25, 0.3) is 0 Å². The molecule has 2 aromatic carbocycles. The minimum Gasteiger partial charge on any atom is -0.487 e. The number of aromatic nitrogens is 3. The largest absolute Gasteiger partial charge is 0.487 e. The first-order chi connectivity index (χ1) is 20.5. The van der Waals surface area contributed by atoms with Crippen LogP contribution < -0.4 is 4.74 Å². The summed E-state index contributed by atoms with van der Waals surface area (Å²) in [5.74, 6) is -5.81. The topological polar surface area (TPSA) is 78.6 Å². The van der Waals surface area contributed by atoms with Gasteiger partial charge in [-0.15, -0.1) is 11.8 Å². The van der Waals surface area contributed by atoms with Gasteiger partial charge in [-0.25, -0.2) is 27.2 Å². The predicted octanol–water partition coefficient (Wildman–Crippen LogP) is 5.86. The van der Waals surface area contributed by atoms with Crippen molar-refractivity contribution >= 4 is 17.8 Å². The van der Waals surface area contributed by atoms with E-state index in [2.05, 4.69) is 10.1 Å². The number of benzene rings is 2. The number of ether oxygens (including phenoxy) is 3. The summed E-state index contributed by atoms with van der Waals surface area (Å²) in [7, 11) is 0. The first kappa shape index (κ1) is 32.6. The molecular weight excluding hydrogens is 600 g/mol. The van der Waals surface area contributed by atoms with Crippen LogP contribution in [0.5, 0.6) is 5.75 Å². The lowest BCUT2D eigenvalue weighted by Crippen LogP contribution is -2.43. The van der Waals surface area contributed by atoms with Crippen LogP contribution in [0.1, 0.15) is 18.1 Å². The van der Waals surface area contributed by atoms with Gasteiger partial charge in [-0.05, 0) is 29.8 Å². The summed E-state index contributed by atoms with van der Waals surface area (Å²) in [5.41, 5.74) is -1.10. The number of nitrogens with zero attached hydrogens (tertiary/aromatic N) is 3. The Kier molecular flexibility index (Phi) is 10.9. The van der Waals surface area contributed by atoms with E-state index in [1.807, 2.05) is 0 Å². The van der Waals surface area contributed by atoms with Gasteiger partial charge in [0.05, 0.1) is 25.0 Å². The van der Waals surface area contributed by atoms with Gasteiger partial charge in [-0.1, -0.05) is 43.4 Å². The molecule has 0 amide bonds. The standard InChI is InChI=1S/C29H29F6N3O4S/c1-19(28(39,15-38-18-36-17-37-38)24-11-8-21(30)12-25(24)31)43-23-13-40-26(41-14-23)5-3-2-4-20-6-9-22(10-7-20)42-16-29(34,35)27(32)33/h2-12,17-19,23,26-27,39H,13-16H2,1H3/b4-2+,5-3+/t19-,23?,26?,28-/m1/s1. The maximum absolute atomic E-state index is 14.8. The lowest BCUT2D eigenvalue weighted by atomic mass is 9.90. The molecule has 7 nitrogen and oxygen atoms in total. The SMILES string of the molecule is C[C@@H](SC1COC(/C=C/C=C/c2ccc(OCC(F)(F)C(F)F)cc2)OC1)[C@](O)(Cn1cncn1)c1ccc(F)cc1F. The number of allylic oxidation sites excluding steroid dienone is 2. The Labute approximate surface area is 248 Å². The Morgan fingerprint density at radius 3 is 2.47 bits per heavy atom. The number of hydrogen-bond acceptors (Lipinski definition) is 7. The second-order valence-electron chi connectivity index (χ2n) is 9.74. The van der Waals surface area contributed by atoms with Crippen LogP contribution in [-0.4, -0.2) is 68.8 Å². The van der Waals surface area contributed by atoms with Crippen molar-refractivity contribution in [3.63, 3.8) is 0 Å². The van der Waals surface area contributed by atoms with Crippen LogP contribution in [0.3, 0.4) is 0 Å². The number of aliphatic hydroxyl groups is 1. The lowest BCUT2D eigenvalue weighted by molar-refractivity contribution is -0.148. The highest BCUT2D eigenvalue weighted by Gasteiger charge is 2.42. The first-order valence-corrected chi connectivity index (χ1v) is 14.0. The first-order valence-electron chi connectivity index (χ1n) is 13.1. The van der Waals surface area contributed by atoms with Crippen LogP contribution in [0, 0.1) is 11.6 Å². The molecule has 2 atom stereocenters. The number of halogens is 6. The molecule has 232 valence electrons. The molecule has 1 aliphatic rings. The molecule has 3 aromatic rings. The quantitative estimate of drug-likeness (QED) is 0.188. The fraction of sp³-hybridized carbons (Fsp3) is 0.379. The summed E-state index contributed by atoms with van der Waals surface area (Å²) in [6.45, 7) is 0.772. The molecule has 1 fully saturated rings. The molecule has 0 bridgehead atoms. The fourth-order valence-electron chi connectivity index (χ4n) is 4.17. The zero-order chi connectivity index (χ0) is 31.0. The summed E-state index contributed by atoms with van der Waals surface area (Å²) in [5, 5.41) is 14.9. The monoisotopic (exact) mass is 629 g/mol. The highest BCUT2D eigenvalue weighted by Crippen LogP contribution is 2.38. The molecule has 0 spiro atoms. The van der Waals surface area contributed by atoms with Crippen LogP contribution in [0.2, 0.25) is 0 Å². The van der Waals surface area contributed by atoms with Gasteiger partial charge < -0.3 is 19.3 Å². The van der Waals surface area contributed by atoms with Crippen molar-refractivity contribution in [3.05, 3.63) is 96.1 Å². The van der Waals surface area contributed by atoms with E-state index >= 15 is 0 Å². The van der Waals surface area contributed by atoms with Gasteiger partial charge in [-0.2, -0.15) is 13.9 Å². The van der Waals surface area contributed by atoms with E-state index in [1.54, 1.807) is 43.4 Å². The van der Waals surface area contributed by atoms with Crippen LogP contribution in [0.25, 0.3) is 6.08 Å². The molecule has 4 rings (SSSR count). The maximum Gasteiger partial charge on any atom is 0.340 e. The summed E-state index contributed by atoms with van der Waals surface area (Å²) in [6.07, 6.45) is 5.07. The summed E-state index contributed by atoms with van der Waals surface area (Å²) >= 11 is 1.34. The van der Waals surface area contributed by atoms with Crippen LogP contribution in [-0.2, 0) is 21.6 Å². The van der Waals surface area contributed by atoms with Crippen molar-refractivity contribution in [2.75, 3.05) is 19.8 Å². The Morgan fingerprint density at radius 1 is 1.12 bits per heavy atom. The molecule has 1 aromatic heterocycles. The Balaban J connectivity index is 1.28. The van der Waals surface area contributed by atoms with Crippen molar-refractivity contribution in [2.45, 2.75) is 48.2 Å². The fourth-order valence-corrected chi connectivity index (χ4v) is 5.48. The van der Waals surface area contributed by atoms with Gasteiger partial charge in [0.15, 0.2) is 12.9 Å². The highest BCUT2D eigenvalue weighted by molar-refractivity contribution is 8.00. The summed E-state index contributed by atoms with van der Waals surface area (Å²) < 4.78 is 96.5. The van der Waals surface area contributed by atoms with E-state index in [-0.39, 0.29) is 36.3 Å². The van der Waals surface area contributed by atoms with E-state index in [4.69, 9.17) is 14.2 Å². The smallest absolute Gasteiger partial charge is 0.340 e. The van der Waals surface area contributed by atoms with E-state index in [9.17, 15) is 31.4 Å². The van der Waals surface area contributed by atoms with Crippen molar-refractivity contribution in [1.82, 2.24) is 14.8 Å². The van der Waals surface area contributed by atoms with Crippen LogP contribution in [0.4, 0.5) is 26.3 Å². The molecule has 1 saturated heterocycles. The van der Waals surface area contributed by atoms with Gasteiger partial charge >= 0.3 is 12.3 Å². The van der Waals surface area contributed by atoms with Gasteiger partial charge in [0, 0.05) is 16.9 Å². The average molecular weight is 630 g/mol. The van der Waals surface area contributed by atoms with Crippen molar-refractivity contribution in [2.24, 2.45) is 0 Å². The zero-order valence-electron chi connectivity index (χ0n) is 22.8. The lowest BCUT2D eigenvalue weighted by Gasteiger charge is -2.37. The average Bonchev–Trinajstić information content (AvgIpc) is 3.48. The normalized spacial score (nSPS) is 20.1. The molecule has 2 heterocycles. The predicted molar refractivity (Wildman–Crippen MR) is 148 cm³/mol. The summed E-state index contributed by atoms with van der Waals surface area (Å²) in [6, 6.07) is 9.00. The van der Waals surface area contributed by atoms with Crippen molar-refractivity contribution < 1.29 is 45.7 Å². The molecule has 1 aliphatic heterocycles. The Morgan fingerprint density at radius 2 is 1.84 bits per heavy atom. The van der Waals surface area contributed by atoms with Crippen LogP contribution in [0.15, 0.2) is 73.3 Å². The van der Waals surface area contributed by atoms with Crippen LogP contribution >= 0.6 is 11.8 Å². The van der Waals surface area contributed by atoms with E-state index in [0.29, 0.717) is 5.56 Å². The molecule has 0 radical (unpaired) electrons. The molecule has 0 aliphatic carbocycles. The van der Waals surface area contributed by atoms with Crippen molar-refractivity contribution in [3.8, 4) is 5.75 Å². The number of hydrogen-bond donors (Lipinski definition) is 1. The molecule has 0 saturated carbocycles. The number of alkyl halides is 4. The zero-order valence-corrected chi connectivity index (χ0v) is 23.6. The third-order valence-corrected chi connectivity index (χ3v) is 7.98. The highest BCUT2D eigenvalue weighted by atomic mass is 32.2. The Bertz CT molecular complexity index is 1370. The molecule has 1 N–H and O–H groups in total.